The molecule has 0 radical (unpaired) electrons. The van der Waals surface area contributed by atoms with Crippen molar-refractivity contribution in [2.75, 3.05) is 7.11 Å². The number of ketones is 2. The van der Waals surface area contributed by atoms with Crippen molar-refractivity contribution in [1.29, 1.82) is 0 Å². The van der Waals surface area contributed by atoms with E-state index in [2.05, 4.69) is 93.3 Å². The van der Waals surface area contributed by atoms with Crippen LogP contribution in [0.4, 0.5) is 0 Å². The molecule has 0 aromatic heterocycles. The zero-order valence-electron chi connectivity index (χ0n) is 28.1. The standard InChI is InChI=1S/C39H48INO4/c1-23-13-14-25(15-24(23)2)22-45-37-28(40)16-26(17-33(37)44-7)34-35-29(18-38(3,4)20-31(35)42)41(27-11-9-8-10-12-27)30-19-39(5,6)21-32(43)36(30)34/h13-17,27,34H,8-12,18-22H2,1-7H3. The molecule has 2 aromatic rings. The molecular weight excluding hydrogens is 673 g/mol. The number of ether oxygens (including phenoxy) is 2. The quantitative estimate of drug-likeness (QED) is 0.278. The summed E-state index contributed by atoms with van der Waals surface area (Å²) in [5.41, 5.74) is 8.31. The van der Waals surface area contributed by atoms with Gasteiger partial charge < -0.3 is 14.4 Å². The molecule has 0 N–H and O–H groups in total. The van der Waals surface area contributed by atoms with Crippen LogP contribution < -0.4 is 9.47 Å². The Bertz CT molecular complexity index is 1550. The summed E-state index contributed by atoms with van der Waals surface area (Å²) in [4.78, 5) is 31.1. The van der Waals surface area contributed by atoms with Crippen LogP contribution in [0, 0.1) is 28.2 Å². The number of carbonyl (C=O) groups excluding carboxylic acids is 2. The highest BCUT2D eigenvalue weighted by Gasteiger charge is 2.50. The molecule has 2 aromatic carbocycles. The predicted octanol–water partition coefficient (Wildman–Crippen LogP) is 9.51. The van der Waals surface area contributed by atoms with E-state index in [4.69, 9.17) is 9.47 Å². The van der Waals surface area contributed by atoms with Gasteiger partial charge in [-0.15, -0.1) is 0 Å². The molecule has 45 heavy (non-hydrogen) atoms. The zero-order valence-corrected chi connectivity index (χ0v) is 30.2. The summed E-state index contributed by atoms with van der Waals surface area (Å²) < 4.78 is 13.3. The molecule has 3 aliphatic carbocycles. The van der Waals surface area contributed by atoms with E-state index in [-0.39, 0.29) is 22.4 Å². The Morgan fingerprint density at radius 3 is 1.98 bits per heavy atom. The van der Waals surface area contributed by atoms with Crippen molar-refractivity contribution in [3.8, 4) is 11.5 Å². The highest BCUT2D eigenvalue weighted by molar-refractivity contribution is 14.1. The molecule has 0 unspecified atom stereocenters. The van der Waals surface area contributed by atoms with Gasteiger partial charge >= 0.3 is 0 Å². The van der Waals surface area contributed by atoms with Gasteiger partial charge in [0, 0.05) is 47.3 Å². The van der Waals surface area contributed by atoms with Crippen LogP contribution in [0.25, 0.3) is 0 Å². The Balaban J connectivity index is 1.49. The van der Waals surface area contributed by atoms with E-state index in [1.54, 1.807) is 7.11 Å². The van der Waals surface area contributed by atoms with Crippen molar-refractivity contribution < 1.29 is 19.1 Å². The molecule has 0 spiro atoms. The van der Waals surface area contributed by atoms with Gasteiger partial charge in [-0.2, -0.15) is 0 Å². The fourth-order valence-corrected chi connectivity index (χ4v) is 8.99. The Morgan fingerprint density at radius 2 is 1.42 bits per heavy atom. The molecule has 1 heterocycles. The van der Waals surface area contributed by atoms with Crippen molar-refractivity contribution in [1.82, 2.24) is 4.90 Å². The summed E-state index contributed by atoms with van der Waals surface area (Å²) in [5.74, 6) is 1.29. The minimum absolute atomic E-state index is 0.127. The summed E-state index contributed by atoms with van der Waals surface area (Å²) in [6, 6.07) is 10.9. The number of hydrogen-bond acceptors (Lipinski definition) is 5. The molecule has 6 heteroatoms. The maximum Gasteiger partial charge on any atom is 0.174 e. The summed E-state index contributed by atoms with van der Waals surface area (Å²) in [5, 5.41) is 0. The van der Waals surface area contributed by atoms with Crippen LogP contribution in [0.5, 0.6) is 11.5 Å². The van der Waals surface area contributed by atoms with E-state index >= 15 is 0 Å². The van der Waals surface area contributed by atoms with Gasteiger partial charge in [0.2, 0.25) is 0 Å². The fourth-order valence-electron chi connectivity index (χ4n) is 8.20. The molecule has 1 saturated carbocycles. The summed E-state index contributed by atoms with van der Waals surface area (Å²) in [6.45, 7) is 13.5. The molecule has 1 aliphatic heterocycles. The van der Waals surface area contributed by atoms with Gasteiger partial charge in [-0.05, 0) is 107 Å². The maximum atomic E-state index is 14.3. The fraction of sp³-hybridized carbons (Fsp3) is 0.538. The molecule has 5 nitrogen and oxygen atoms in total. The van der Waals surface area contributed by atoms with Gasteiger partial charge in [0.05, 0.1) is 10.7 Å². The first-order valence-corrected chi connectivity index (χ1v) is 17.7. The molecular formula is C39H48INO4. The monoisotopic (exact) mass is 721 g/mol. The highest BCUT2D eigenvalue weighted by Crippen LogP contribution is 2.56. The molecule has 240 valence electrons. The molecule has 0 saturated heterocycles. The smallest absolute Gasteiger partial charge is 0.174 e. The lowest BCUT2D eigenvalue weighted by molar-refractivity contribution is -0.119. The topological polar surface area (TPSA) is 55.8 Å². The van der Waals surface area contributed by atoms with Gasteiger partial charge in [0.1, 0.15) is 6.61 Å². The van der Waals surface area contributed by atoms with Crippen LogP contribution in [0.3, 0.4) is 0 Å². The van der Waals surface area contributed by atoms with Gasteiger partial charge in [-0.1, -0.05) is 65.2 Å². The van der Waals surface area contributed by atoms with Gasteiger partial charge in [-0.25, -0.2) is 0 Å². The van der Waals surface area contributed by atoms with Gasteiger partial charge in [-0.3, -0.25) is 9.59 Å². The predicted molar refractivity (Wildman–Crippen MR) is 188 cm³/mol. The number of allylic oxidation sites excluding steroid dienone is 4. The number of Topliss-reactive ketones (excluding diaryl/α,β-unsaturated/α-hetero) is 2. The van der Waals surface area contributed by atoms with E-state index in [9.17, 15) is 9.59 Å². The average molecular weight is 722 g/mol. The number of rotatable bonds is 6. The van der Waals surface area contributed by atoms with Crippen molar-refractivity contribution in [2.45, 2.75) is 118 Å². The first kappa shape index (κ1) is 32.3. The summed E-state index contributed by atoms with van der Waals surface area (Å²) in [6.07, 6.45) is 8.56. The van der Waals surface area contributed by atoms with Crippen LogP contribution in [0.1, 0.15) is 114 Å². The van der Waals surface area contributed by atoms with E-state index in [1.165, 1.54) is 41.8 Å². The molecule has 0 bridgehead atoms. The third-order valence-electron chi connectivity index (χ3n) is 10.4. The largest absolute Gasteiger partial charge is 0.493 e. The van der Waals surface area contributed by atoms with E-state index < -0.39 is 5.92 Å². The number of aryl methyl sites for hydroxylation is 2. The lowest BCUT2D eigenvalue weighted by Crippen LogP contribution is -2.48. The Kier molecular flexibility index (Phi) is 8.77. The summed E-state index contributed by atoms with van der Waals surface area (Å²) in [7, 11) is 1.67. The van der Waals surface area contributed by atoms with Crippen molar-refractivity contribution in [3.05, 3.63) is 78.7 Å². The normalized spacial score (nSPS) is 22.0. The van der Waals surface area contributed by atoms with Crippen molar-refractivity contribution in [2.24, 2.45) is 10.8 Å². The zero-order chi connectivity index (χ0) is 32.3. The average Bonchev–Trinajstić information content (AvgIpc) is 2.96. The van der Waals surface area contributed by atoms with Crippen molar-refractivity contribution >= 4 is 34.2 Å². The Morgan fingerprint density at radius 1 is 0.822 bits per heavy atom. The second-order valence-corrected chi connectivity index (χ2v) is 16.6. The van der Waals surface area contributed by atoms with Gasteiger partial charge in [0.15, 0.2) is 23.1 Å². The van der Waals surface area contributed by atoms with E-state index in [0.29, 0.717) is 37.0 Å². The van der Waals surface area contributed by atoms with Crippen LogP contribution in [0.15, 0.2) is 52.9 Å². The number of benzene rings is 2. The highest BCUT2D eigenvalue weighted by atomic mass is 127. The number of halogens is 1. The SMILES string of the molecule is COc1cc(C2C3=C(CC(C)(C)CC3=O)N(C3CCCCC3)C3=C2C(=O)CC(C)(C)C3)cc(I)c1OCc1ccc(C)c(C)c1. The second-order valence-electron chi connectivity index (χ2n) is 15.4. The molecule has 4 aliphatic rings. The minimum atomic E-state index is -0.391. The van der Waals surface area contributed by atoms with Crippen molar-refractivity contribution in [3.63, 3.8) is 0 Å². The molecule has 1 fully saturated rings. The molecule has 0 amide bonds. The van der Waals surface area contributed by atoms with Crippen LogP contribution in [0.2, 0.25) is 0 Å². The number of methoxy groups -OCH3 is 1. The minimum Gasteiger partial charge on any atom is -0.493 e. The lowest BCUT2D eigenvalue weighted by Gasteiger charge is -2.52. The lowest BCUT2D eigenvalue weighted by atomic mass is 9.63. The number of nitrogens with zero attached hydrogens (tertiary/aromatic N) is 1. The first-order chi connectivity index (χ1) is 21.3. The van der Waals surface area contributed by atoms with E-state index in [1.807, 2.05) is 6.07 Å². The first-order valence-electron chi connectivity index (χ1n) is 16.7. The molecule has 0 atom stereocenters. The van der Waals surface area contributed by atoms with Crippen LogP contribution in [-0.4, -0.2) is 29.6 Å². The second kappa shape index (κ2) is 12.2. The number of hydrogen-bond donors (Lipinski definition) is 0. The van der Waals surface area contributed by atoms with Gasteiger partial charge in [0.25, 0.3) is 0 Å². The third kappa shape index (κ3) is 6.25. The Hall–Kier alpha value is -2.61. The molecule has 6 rings (SSSR count). The number of carbonyl (C=O) groups is 2. The van der Waals surface area contributed by atoms with Crippen LogP contribution in [-0.2, 0) is 16.2 Å². The maximum absolute atomic E-state index is 14.3. The summed E-state index contributed by atoms with van der Waals surface area (Å²) >= 11 is 2.32. The van der Waals surface area contributed by atoms with Crippen LogP contribution >= 0.6 is 22.6 Å². The third-order valence-corrected chi connectivity index (χ3v) is 11.2. The van der Waals surface area contributed by atoms with E-state index in [0.717, 1.165) is 51.5 Å². The Labute approximate surface area is 283 Å².